The summed E-state index contributed by atoms with van der Waals surface area (Å²) in [5.74, 6) is -2.35. The number of benzene rings is 1. The number of nitrogens with zero attached hydrogens (tertiary/aromatic N) is 2. The molecule has 2 aromatic heterocycles. The van der Waals surface area contributed by atoms with Crippen LogP contribution >= 0.6 is 0 Å². The first-order valence-corrected chi connectivity index (χ1v) is 9.69. The molecule has 32 heavy (non-hydrogen) atoms. The first kappa shape index (κ1) is 22.9. The van der Waals surface area contributed by atoms with Crippen molar-refractivity contribution < 1.29 is 27.9 Å². The van der Waals surface area contributed by atoms with Crippen LogP contribution in [0.2, 0.25) is 0 Å². The molecule has 2 heterocycles. The van der Waals surface area contributed by atoms with Crippen LogP contribution in [0.25, 0.3) is 0 Å². The van der Waals surface area contributed by atoms with E-state index in [0.29, 0.717) is 16.9 Å². The Morgan fingerprint density at radius 3 is 2.59 bits per heavy atom. The normalized spacial score (nSPS) is 10.8. The highest BCUT2D eigenvalue weighted by atomic mass is 19.1. The number of Topliss-reactive ketones (excluding diaryl/α,β-unsaturated/α-hetero) is 1. The van der Waals surface area contributed by atoms with Crippen molar-refractivity contribution in [3.8, 4) is 0 Å². The second kappa shape index (κ2) is 9.13. The van der Waals surface area contributed by atoms with E-state index < -0.39 is 23.5 Å². The summed E-state index contributed by atoms with van der Waals surface area (Å²) < 4.78 is 33.7. The first-order chi connectivity index (χ1) is 15.1. The summed E-state index contributed by atoms with van der Waals surface area (Å²) in [6.45, 7) is 4.54. The van der Waals surface area contributed by atoms with Gasteiger partial charge in [0, 0.05) is 23.7 Å². The number of carbonyl (C=O) groups is 3. The lowest BCUT2D eigenvalue weighted by Gasteiger charge is -2.11. The molecule has 2 N–H and O–H groups in total. The van der Waals surface area contributed by atoms with E-state index >= 15 is 0 Å². The highest BCUT2D eigenvalue weighted by Gasteiger charge is 2.25. The maximum atomic E-state index is 14.0. The minimum atomic E-state index is -0.670. The average Bonchev–Trinajstić information content (AvgIpc) is 3.24. The van der Waals surface area contributed by atoms with Gasteiger partial charge in [-0.05, 0) is 37.6 Å². The van der Waals surface area contributed by atoms with Crippen molar-refractivity contribution in [1.29, 1.82) is 0 Å². The predicted molar refractivity (Wildman–Crippen MR) is 112 cm³/mol. The van der Waals surface area contributed by atoms with Gasteiger partial charge in [-0.3, -0.25) is 9.59 Å². The summed E-state index contributed by atoms with van der Waals surface area (Å²) in [6.07, 6.45) is 1.23. The van der Waals surface area contributed by atoms with Gasteiger partial charge in [0.2, 0.25) is 5.91 Å². The molecule has 3 rings (SSSR count). The summed E-state index contributed by atoms with van der Waals surface area (Å²) in [5.41, 5.74) is 1.65. The summed E-state index contributed by atoms with van der Waals surface area (Å²) >= 11 is 0. The molecule has 0 atom stereocenters. The van der Waals surface area contributed by atoms with Crippen LogP contribution < -0.4 is 5.32 Å². The number of rotatable bonds is 7. The van der Waals surface area contributed by atoms with Crippen LogP contribution in [-0.4, -0.2) is 39.5 Å². The Morgan fingerprint density at radius 2 is 1.94 bits per heavy atom. The number of amides is 1. The molecule has 0 radical (unpaired) electrons. The number of aromatic nitrogens is 3. The maximum absolute atomic E-state index is 14.0. The van der Waals surface area contributed by atoms with E-state index in [1.165, 1.54) is 24.9 Å². The molecule has 0 aliphatic rings. The summed E-state index contributed by atoms with van der Waals surface area (Å²) in [4.78, 5) is 39.6. The van der Waals surface area contributed by atoms with E-state index in [4.69, 9.17) is 4.74 Å². The number of ketones is 1. The third kappa shape index (κ3) is 4.58. The predicted octanol–water partition coefficient (Wildman–Crippen LogP) is 3.32. The fourth-order valence-electron chi connectivity index (χ4n) is 3.45. The minimum absolute atomic E-state index is 0.0719. The van der Waals surface area contributed by atoms with Gasteiger partial charge in [0.15, 0.2) is 5.78 Å². The van der Waals surface area contributed by atoms with Crippen LogP contribution in [0, 0.1) is 25.5 Å². The molecule has 0 bridgehead atoms. The van der Waals surface area contributed by atoms with Crippen molar-refractivity contribution in [3.05, 3.63) is 69.7 Å². The van der Waals surface area contributed by atoms with Crippen molar-refractivity contribution in [3.63, 3.8) is 0 Å². The van der Waals surface area contributed by atoms with E-state index in [0.717, 1.165) is 18.2 Å². The van der Waals surface area contributed by atoms with E-state index in [1.807, 2.05) is 0 Å². The van der Waals surface area contributed by atoms with E-state index in [1.54, 1.807) is 13.8 Å². The van der Waals surface area contributed by atoms with E-state index in [2.05, 4.69) is 15.4 Å². The fourth-order valence-corrected chi connectivity index (χ4v) is 3.45. The van der Waals surface area contributed by atoms with Gasteiger partial charge in [0.1, 0.15) is 17.5 Å². The van der Waals surface area contributed by atoms with Crippen molar-refractivity contribution in [2.75, 3.05) is 12.4 Å². The second-order valence-electron chi connectivity index (χ2n) is 7.32. The zero-order valence-electron chi connectivity index (χ0n) is 18.0. The Kier molecular flexibility index (Phi) is 6.52. The first-order valence-electron chi connectivity index (χ1n) is 9.69. The van der Waals surface area contributed by atoms with Gasteiger partial charge >= 0.3 is 5.97 Å². The molecular formula is C22H22F2N4O4. The lowest BCUT2D eigenvalue weighted by Crippen LogP contribution is -2.20. The number of hydrogen-bond acceptors (Lipinski definition) is 5. The molecular weight excluding hydrogens is 422 g/mol. The number of aromatic amines is 1. The van der Waals surface area contributed by atoms with Gasteiger partial charge in [0.25, 0.3) is 0 Å². The van der Waals surface area contributed by atoms with Gasteiger partial charge in [-0.1, -0.05) is 0 Å². The molecule has 1 aromatic carbocycles. The number of halogens is 2. The highest BCUT2D eigenvalue weighted by Crippen LogP contribution is 2.22. The number of hydrogen-bond donors (Lipinski definition) is 2. The SMILES string of the molecule is COC(=O)c1c(CC(=O)Nc2c(C)cnn2Cc2cc(F)ccc2F)[nH]c(C(C)=O)c1C. The smallest absolute Gasteiger partial charge is 0.339 e. The molecule has 0 aliphatic carbocycles. The lowest BCUT2D eigenvalue weighted by molar-refractivity contribution is -0.115. The van der Waals surface area contributed by atoms with Crippen molar-refractivity contribution in [2.24, 2.45) is 0 Å². The Bertz CT molecular complexity index is 1210. The number of methoxy groups -OCH3 is 1. The largest absolute Gasteiger partial charge is 0.465 e. The minimum Gasteiger partial charge on any atom is -0.465 e. The van der Waals surface area contributed by atoms with Gasteiger partial charge in [-0.2, -0.15) is 5.10 Å². The number of ether oxygens (including phenoxy) is 1. The third-order valence-electron chi connectivity index (χ3n) is 5.01. The van der Waals surface area contributed by atoms with E-state index in [-0.39, 0.29) is 41.3 Å². The van der Waals surface area contributed by atoms with Crippen LogP contribution in [0.5, 0.6) is 0 Å². The van der Waals surface area contributed by atoms with Crippen LogP contribution in [-0.2, 0) is 22.5 Å². The Balaban J connectivity index is 1.86. The standard InChI is InChI=1S/C22H22F2N4O4/c1-11-9-25-28(10-14-7-15(23)5-6-16(14)24)21(11)27-18(30)8-17-19(22(31)32-4)12(2)20(26-17)13(3)29/h5-7,9,26H,8,10H2,1-4H3,(H,27,30). The van der Waals surface area contributed by atoms with Gasteiger partial charge in [-0.25, -0.2) is 18.3 Å². The molecule has 8 nitrogen and oxygen atoms in total. The molecule has 0 saturated heterocycles. The number of anilines is 1. The Labute approximate surface area is 182 Å². The molecule has 168 valence electrons. The molecule has 1 amide bonds. The molecule has 3 aromatic rings. The summed E-state index contributed by atoms with van der Waals surface area (Å²) in [6, 6.07) is 3.10. The Morgan fingerprint density at radius 1 is 1.22 bits per heavy atom. The van der Waals surface area contributed by atoms with Crippen molar-refractivity contribution in [2.45, 2.75) is 33.7 Å². The fraction of sp³-hybridized carbons (Fsp3) is 0.273. The van der Waals surface area contributed by atoms with Gasteiger partial charge in [0.05, 0.1) is 37.5 Å². The number of nitrogens with one attached hydrogen (secondary N) is 2. The van der Waals surface area contributed by atoms with Crippen LogP contribution in [0.15, 0.2) is 24.4 Å². The second-order valence-corrected chi connectivity index (χ2v) is 7.32. The zero-order valence-corrected chi connectivity index (χ0v) is 18.0. The van der Waals surface area contributed by atoms with Crippen LogP contribution in [0.3, 0.4) is 0 Å². The van der Waals surface area contributed by atoms with Crippen LogP contribution in [0.4, 0.5) is 14.6 Å². The lowest BCUT2D eigenvalue weighted by atomic mass is 10.1. The molecule has 0 fully saturated rings. The zero-order chi connectivity index (χ0) is 23.6. The number of esters is 1. The number of aryl methyl sites for hydroxylation is 1. The third-order valence-corrected chi connectivity index (χ3v) is 5.01. The number of carbonyl (C=O) groups excluding carboxylic acids is 3. The van der Waals surface area contributed by atoms with E-state index in [9.17, 15) is 23.2 Å². The molecule has 0 aliphatic heterocycles. The van der Waals surface area contributed by atoms with Crippen LogP contribution in [0.1, 0.15) is 50.2 Å². The maximum Gasteiger partial charge on any atom is 0.339 e. The number of H-pyrrole nitrogens is 1. The molecule has 0 saturated carbocycles. The topological polar surface area (TPSA) is 106 Å². The van der Waals surface area contributed by atoms with Crippen molar-refractivity contribution >= 4 is 23.5 Å². The molecule has 0 spiro atoms. The van der Waals surface area contributed by atoms with Gasteiger partial charge in [-0.15, -0.1) is 0 Å². The Hall–Kier alpha value is -3.82. The highest BCUT2D eigenvalue weighted by molar-refractivity contribution is 6.02. The quantitative estimate of drug-likeness (QED) is 0.430. The molecule has 0 unspecified atom stereocenters. The monoisotopic (exact) mass is 444 g/mol. The summed E-state index contributed by atoms with van der Waals surface area (Å²) in [7, 11) is 1.21. The molecule has 10 heteroatoms. The average molecular weight is 444 g/mol. The van der Waals surface area contributed by atoms with Crippen molar-refractivity contribution in [1.82, 2.24) is 14.8 Å². The summed E-state index contributed by atoms with van der Waals surface area (Å²) in [5, 5.41) is 6.82. The van der Waals surface area contributed by atoms with Gasteiger partial charge < -0.3 is 15.0 Å².